The lowest BCUT2D eigenvalue weighted by molar-refractivity contribution is 0.324. The number of hydrogen-bond donors (Lipinski definition) is 0. The average Bonchev–Trinajstić information content (AvgIpc) is 2.63. The molecule has 86 valence electrons. The van der Waals surface area contributed by atoms with Crippen molar-refractivity contribution in [1.82, 2.24) is 14.6 Å². The zero-order valence-electron chi connectivity index (χ0n) is 10.3. The van der Waals surface area contributed by atoms with Gasteiger partial charge in [-0.15, -0.1) is 0 Å². The van der Waals surface area contributed by atoms with Gasteiger partial charge in [-0.2, -0.15) is 5.10 Å². The predicted molar refractivity (Wildman–Crippen MR) is 65.4 cm³/mol. The van der Waals surface area contributed by atoms with Crippen LogP contribution in [0.3, 0.4) is 0 Å². The Kier molecular flexibility index (Phi) is 2.95. The van der Waals surface area contributed by atoms with Gasteiger partial charge < -0.3 is 0 Å². The van der Waals surface area contributed by atoms with Gasteiger partial charge in [-0.3, -0.25) is 0 Å². The first-order valence-electron chi connectivity index (χ1n) is 5.90. The van der Waals surface area contributed by atoms with Gasteiger partial charge in [-0.25, -0.2) is 9.50 Å². The van der Waals surface area contributed by atoms with Crippen LogP contribution in [-0.2, 0) is 6.42 Å². The van der Waals surface area contributed by atoms with Crippen molar-refractivity contribution < 1.29 is 0 Å². The summed E-state index contributed by atoms with van der Waals surface area (Å²) >= 11 is 0. The van der Waals surface area contributed by atoms with E-state index < -0.39 is 0 Å². The maximum atomic E-state index is 4.56. The van der Waals surface area contributed by atoms with Crippen LogP contribution in [0.15, 0.2) is 24.5 Å². The summed E-state index contributed by atoms with van der Waals surface area (Å²) in [6, 6.07) is 4.12. The summed E-state index contributed by atoms with van der Waals surface area (Å²) in [5.41, 5.74) is 2.39. The molecule has 0 bridgehead atoms. The Bertz CT molecular complexity index is 471. The molecule has 0 saturated heterocycles. The van der Waals surface area contributed by atoms with Crippen LogP contribution < -0.4 is 0 Å². The molecule has 0 aliphatic carbocycles. The van der Waals surface area contributed by atoms with Gasteiger partial charge in [-0.1, -0.05) is 27.2 Å². The largest absolute Gasteiger partial charge is 0.236 e. The van der Waals surface area contributed by atoms with Gasteiger partial charge in [0, 0.05) is 12.4 Å². The summed E-state index contributed by atoms with van der Waals surface area (Å²) in [5, 5.41) is 4.56. The van der Waals surface area contributed by atoms with Gasteiger partial charge in [0.15, 0.2) is 5.65 Å². The van der Waals surface area contributed by atoms with Crippen LogP contribution in [0.4, 0.5) is 0 Å². The Labute approximate surface area is 96.5 Å². The van der Waals surface area contributed by atoms with E-state index in [4.69, 9.17) is 0 Å². The molecule has 0 aliphatic heterocycles. The Balaban J connectivity index is 2.20. The van der Waals surface area contributed by atoms with E-state index in [9.17, 15) is 0 Å². The Hall–Kier alpha value is -1.38. The van der Waals surface area contributed by atoms with E-state index in [1.165, 1.54) is 12.8 Å². The maximum absolute atomic E-state index is 4.56. The summed E-state index contributed by atoms with van der Waals surface area (Å²) in [6.45, 7) is 6.83. The maximum Gasteiger partial charge on any atom is 0.153 e. The minimum absolute atomic E-state index is 0.329. The Morgan fingerprint density at radius 1 is 1.31 bits per heavy atom. The number of imidazole rings is 1. The molecule has 2 aromatic heterocycles. The van der Waals surface area contributed by atoms with Gasteiger partial charge in [0.05, 0.1) is 5.69 Å². The zero-order valence-corrected chi connectivity index (χ0v) is 10.3. The first-order valence-corrected chi connectivity index (χ1v) is 5.90. The third kappa shape index (κ3) is 2.40. The SMILES string of the molecule is CCCC(C)(C)Cc1ccc2nccn2n1. The molecule has 2 heterocycles. The normalized spacial score (nSPS) is 12.2. The van der Waals surface area contributed by atoms with Gasteiger partial charge in [0.1, 0.15) is 0 Å². The first kappa shape index (κ1) is 11.1. The lowest BCUT2D eigenvalue weighted by atomic mass is 9.83. The van der Waals surface area contributed by atoms with E-state index in [2.05, 4.69) is 36.9 Å². The molecule has 2 rings (SSSR count). The molecule has 0 spiro atoms. The summed E-state index contributed by atoms with van der Waals surface area (Å²) in [4.78, 5) is 4.19. The molecule has 0 amide bonds. The van der Waals surface area contributed by atoms with Crippen molar-refractivity contribution in [3.05, 3.63) is 30.2 Å². The summed E-state index contributed by atoms with van der Waals surface area (Å²) in [6.07, 6.45) is 7.15. The molecule has 0 N–H and O–H groups in total. The first-order chi connectivity index (χ1) is 7.61. The highest BCUT2D eigenvalue weighted by atomic mass is 15.2. The fourth-order valence-corrected chi connectivity index (χ4v) is 2.20. The number of rotatable bonds is 4. The number of fused-ring (bicyclic) bond motifs is 1. The molecule has 0 radical (unpaired) electrons. The van der Waals surface area contributed by atoms with Crippen molar-refractivity contribution in [1.29, 1.82) is 0 Å². The summed E-state index contributed by atoms with van der Waals surface area (Å²) in [5.74, 6) is 0. The summed E-state index contributed by atoms with van der Waals surface area (Å²) in [7, 11) is 0. The van der Waals surface area contributed by atoms with E-state index in [-0.39, 0.29) is 0 Å². The summed E-state index contributed by atoms with van der Waals surface area (Å²) < 4.78 is 1.84. The van der Waals surface area contributed by atoms with Crippen LogP contribution in [0.1, 0.15) is 39.3 Å². The van der Waals surface area contributed by atoms with Crippen LogP contribution in [0.25, 0.3) is 5.65 Å². The lowest BCUT2D eigenvalue weighted by Crippen LogP contribution is -2.16. The standard InChI is InChI=1S/C13H19N3/c1-4-7-13(2,3)10-11-5-6-12-14-8-9-16(12)15-11/h5-6,8-9H,4,7,10H2,1-3H3. The van der Waals surface area contributed by atoms with Crippen molar-refractivity contribution in [3.8, 4) is 0 Å². The molecular weight excluding hydrogens is 198 g/mol. The highest BCUT2D eigenvalue weighted by Gasteiger charge is 2.18. The molecule has 0 unspecified atom stereocenters. The van der Waals surface area contributed by atoms with Crippen LogP contribution >= 0.6 is 0 Å². The van der Waals surface area contributed by atoms with Gasteiger partial charge in [0.25, 0.3) is 0 Å². The highest BCUT2D eigenvalue weighted by Crippen LogP contribution is 2.26. The van der Waals surface area contributed by atoms with Gasteiger partial charge in [0.2, 0.25) is 0 Å². The molecule has 3 nitrogen and oxygen atoms in total. The molecule has 0 fully saturated rings. The van der Waals surface area contributed by atoms with Crippen molar-refractivity contribution in [3.63, 3.8) is 0 Å². The third-order valence-electron chi connectivity index (χ3n) is 2.90. The number of nitrogens with zero attached hydrogens (tertiary/aromatic N) is 3. The van der Waals surface area contributed by atoms with E-state index in [0.717, 1.165) is 17.8 Å². The second-order valence-corrected chi connectivity index (χ2v) is 5.15. The quantitative estimate of drug-likeness (QED) is 0.787. The van der Waals surface area contributed by atoms with Crippen molar-refractivity contribution in [2.75, 3.05) is 0 Å². The minimum atomic E-state index is 0.329. The average molecular weight is 217 g/mol. The molecular formula is C13H19N3. The third-order valence-corrected chi connectivity index (χ3v) is 2.90. The van der Waals surface area contributed by atoms with Crippen LogP contribution in [0.2, 0.25) is 0 Å². The second-order valence-electron chi connectivity index (χ2n) is 5.15. The van der Waals surface area contributed by atoms with E-state index in [1.54, 1.807) is 6.20 Å². The van der Waals surface area contributed by atoms with Crippen LogP contribution in [0, 0.1) is 5.41 Å². The van der Waals surface area contributed by atoms with Crippen LogP contribution in [-0.4, -0.2) is 14.6 Å². The molecule has 0 saturated carbocycles. The van der Waals surface area contributed by atoms with E-state index >= 15 is 0 Å². The fraction of sp³-hybridized carbons (Fsp3) is 0.538. The smallest absolute Gasteiger partial charge is 0.153 e. The Morgan fingerprint density at radius 2 is 2.12 bits per heavy atom. The Morgan fingerprint density at radius 3 is 2.88 bits per heavy atom. The molecule has 16 heavy (non-hydrogen) atoms. The molecule has 0 aliphatic rings. The molecule has 3 heteroatoms. The number of hydrogen-bond acceptors (Lipinski definition) is 2. The van der Waals surface area contributed by atoms with Crippen molar-refractivity contribution >= 4 is 5.65 Å². The fourth-order valence-electron chi connectivity index (χ4n) is 2.20. The predicted octanol–water partition coefficient (Wildman–Crippen LogP) is 3.10. The van der Waals surface area contributed by atoms with Gasteiger partial charge >= 0.3 is 0 Å². The van der Waals surface area contributed by atoms with Crippen LogP contribution in [0.5, 0.6) is 0 Å². The zero-order chi connectivity index (χ0) is 11.6. The van der Waals surface area contributed by atoms with E-state index in [1.807, 2.05) is 16.8 Å². The van der Waals surface area contributed by atoms with E-state index in [0.29, 0.717) is 5.41 Å². The van der Waals surface area contributed by atoms with Crippen molar-refractivity contribution in [2.45, 2.75) is 40.0 Å². The minimum Gasteiger partial charge on any atom is -0.236 e. The van der Waals surface area contributed by atoms with Crippen molar-refractivity contribution in [2.24, 2.45) is 5.41 Å². The topological polar surface area (TPSA) is 30.2 Å². The second kappa shape index (κ2) is 4.24. The monoisotopic (exact) mass is 217 g/mol. The van der Waals surface area contributed by atoms with Gasteiger partial charge in [-0.05, 0) is 30.4 Å². The lowest BCUT2D eigenvalue weighted by Gasteiger charge is -2.23. The highest BCUT2D eigenvalue weighted by molar-refractivity contribution is 5.36. The molecule has 0 atom stereocenters. The molecule has 2 aromatic rings. The number of aromatic nitrogens is 3. The molecule has 0 aromatic carbocycles.